The molecule has 9 nitrogen and oxygen atoms in total. The van der Waals surface area contributed by atoms with Crippen LogP contribution in [0, 0.1) is 0 Å². The van der Waals surface area contributed by atoms with Gasteiger partial charge in [0.25, 0.3) is 0 Å². The van der Waals surface area contributed by atoms with E-state index in [1.165, 1.54) is 0 Å². The summed E-state index contributed by atoms with van der Waals surface area (Å²) in [6, 6.07) is 7.56. The van der Waals surface area contributed by atoms with Crippen LogP contribution in [0.1, 0.15) is 0 Å². The normalized spacial score (nSPS) is 16.6. The van der Waals surface area contributed by atoms with Crippen LogP contribution >= 0.6 is 0 Å². The third-order valence-corrected chi connectivity index (χ3v) is 2.10. The van der Waals surface area contributed by atoms with E-state index in [1.807, 2.05) is 24.3 Å². The molecule has 0 aromatic heterocycles. The van der Waals surface area contributed by atoms with Crippen molar-refractivity contribution in [3.8, 4) is 11.5 Å². The molecule has 20 heavy (non-hydrogen) atoms. The van der Waals surface area contributed by atoms with E-state index >= 15 is 0 Å². The van der Waals surface area contributed by atoms with Gasteiger partial charge in [0.05, 0.1) is 0 Å². The minimum absolute atomic E-state index is 0.0676. The van der Waals surface area contributed by atoms with Gasteiger partial charge in [0.15, 0.2) is 17.6 Å². The molecule has 1 unspecified atom stereocenters. The Kier molecular flexibility index (Phi) is 5.55. The van der Waals surface area contributed by atoms with Crippen molar-refractivity contribution in [3.05, 3.63) is 24.3 Å². The maximum atomic E-state index is 8.52. The number of hydrogen-bond acceptors (Lipinski definition) is 6. The van der Waals surface area contributed by atoms with E-state index in [0.717, 1.165) is 11.5 Å². The molecule has 0 amide bonds. The zero-order chi connectivity index (χ0) is 15.2. The number of fused-ring (bicyclic) bond motifs is 1. The van der Waals surface area contributed by atoms with Gasteiger partial charge in [-0.05, 0) is 12.1 Å². The maximum Gasteiger partial charge on any atom is 0.338 e. The van der Waals surface area contributed by atoms with Crippen molar-refractivity contribution in [3.63, 3.8) is 0 Å². The molecule has 112 valence electrons. The van der Waals surface area contributed by atoms with Crippen molar-refractivity contribution in [2.24, 2.45) is 11.5 Å². The number of guanidine groups is 1. The molecule has 0 fully saturated rings. The Hall–Kier alpha value is -2.04. The van der Waals surface area contributed by atoms with Gasteiger partial charge >= 0.3 is 5.96 Å². The number of ether oxygens (including phenoxy) is 2. The summed E-state index contributed by atoms with van der Waals surface area (Å²) >= 11 is 0. The van der Waals surface area contributed by atoms with Gasteiger partial charge in [-0.3, -0.25) is 24.9 Å². The van der Waals surface area contributed by atoms with E-state index in [4.69, 9.17) is 38.5 Å². The van der Waals surface area contributed by atoms with Gasteiger partial charge < -0.3 is 18.6 Å². The minimum atomic E-state index is -5.17. The standard InChI is InChI=1S/C10H13N3O2.H2O4S/c11-10(12)13-5-7-6-14-8-3-1-2-4-9(8)15-7;1-5(2,3)4/h1-4,7H,5-6H2,(H4,11,12,13);(H2,1,2,3,4)/p-1. The first-order chi connectivity index (χ1) is 9.25. The number of nitrogens with one attached hydrogen (secondary N) is 1. The molecule has 0 saturated heterocycles. The Balaban J connectivity index is 0.000000347. The topological polar surface area (TPSA) is 165 Å². The van der Waals surface area contributed by atoms with Gasteiger partial charge in [-0.25, -0.2) is 0 Å². The molecule has 1 atom stereocenters. The predicted molar refractivity (Wildman–Crippen MR) is 66.0 cm³/mol. The highest BCUT2D eigenvalue weighted by molar-refractivity contribution is 7.79. The van der Waals surface area contributed by atoms with Crippen LogP contribution in [-0.2, 0) is 10.4 Å². The lowest BCUT2D eigenvalue weighted by Gasteiger charge is -2.24. The molecule has 0 radical (unpaired) electrons. The highest BCUT2D eigenvalue weighted by Gasteiger charge is 2.20. The lowest BCUT2D eigenvalue weighted by atomic mass is 10.2. The summed E-state index contributed by atoms with van der Waals surface area (Å²) in [6.07, 6.45) is -0.0676. The van der Waals surface area contributed by atoms with E-state index in [0.29, 0.717) is 13.2 Å². The predicted octanol–water partition coefficient (Wildman–Crippen LogP) is -3.16. The zero-order valence-corrected chi connectivity index (χ0v) is 11.1. The Labute approximate surface area is 115 Å². The van der Waals surface area contributed by atoms with E-state index < -0.39 is 10.4 Å². The fraction of sp³-hybridized carbons (Fsp3) is 0.300. The maximum absolute atomic E-state index is 8.52. The largest absolute Gasteiger partial charge is 0.759 e. The second kappa shape index (κ2) is 6.93. The van der Waals surface area contributed by atoms with E-state index in [9.17, 15) is 0 Å². The Morgan fingerprint density at radius 2 is 1.85 bits per heavy atom. The van der Waals surface area contributed by atoms with Crippen LogP contribution in [0.5, 0.6) is 11.5 Å². The summed E-state index contributed by atoms with van der Waals surface area (Å²) in [5.41, 5.74) is 10.6. The average Bonchev–Trinajstić information content (AvgIpc) is 2.34. The molecule has 1 aromatic rings. The molecule has 0 aliphatic carbocycles. The first kappa shape index (κ1) is 16.0. The van der Waals surface area contributed by atoms with Crippen LogP contribution in [0.15, 0.2) is 24.3 Å². The smallest absolute Gasteiger partial charge is 0.338 e. The summed E-state index contributed by atoms with van der Waals surface area (Å²) in [5.74, 6) is 1.72. The van der Waals surface area contributed by atoms with Gasteiger partial charge in [-0.1, -0.05) is 12.1 Å². The number of benzene rings is 1. The molecular formula is C10H14N3O6S-. The molecule has 0 bridgehead atoms. The molecule has 2 rings (SSSR count). The summed E-state index contributed by atoms with van der Waals surface area (Å²) in [7, 11) is -5.17. The minimum Gasteiger partial charge on any atom is -0.759 e. The Bertz CT molecular complexity index is 562. The van der Waals surface area contributed by atoms with Gasteiger partial charge in [0, 0.05) is 10.4 Å². The highest BCUT2D eigenvalue weighted by Crippen LogP contribution is 2.30. The SMILES string of the molecule is NC(N)=[NH+]CC1COc2ccccc2O1.O=S(=O)([O-])[O-]. The first-order valence-electron chi connectivity index (χ1n) is 5.42. The van der Waals surface area contributed by atoms with Gasteiger partial charge in [-0.15, -0.1) is 0 Å². The number of para-hydroxylation sites is 2. The fourth-order valence-corrected chi connectivity index (χ4v) is 1.40. The van der Waals surface area contributed by atoms with Crippen molar-refractivity contribution >= 4 is 16.4 Å². The van der Waals surface area contributed by atoms with Gasteiger partial charge in [0.2, 0.25) is 0 Å². The van der Waals surface area contributed by atoms with Crippen molar-refractivity contribution < 1.29 is 32.0 Å². The molecule has 0 spiro atoms. The van der Waals surface area contributed by atoms with Crippen LogP contribution in [-0.4, -0.2) is 42.7 Å². The van der Waals surface area contributed by atoms with Crippen LogP contribution < -0.4 is 25.9 Å². The first-order valence-corrected chi connectivity index (χ1v) is 6.76. The molecule has 5 N–H and O–H groups in total. The summed E-state index contributed by atoms with van der Waals surface area (Å²) in [5, 5.41) is 0. The molecule has 1 aromatic carbocycles. The van der Waals surface area contributed by atoms with E-state index in [1.54, 1.807) is 0 Å². The summed E-state index contributed by atoms with van der Waals surface area (Å²) < 4.78 is 45.3. The van der Waals surface area contributed by atoms with E-state index in [2.05, 4.69) is 4.99 Å². The van der Waals surface area contributed by atoms with Crippen LogP contribution in [0.25, 0.3) is 0 Å². The highest BCUT2D eigenvalue weighted by atomic mass is 32.3. The quantitative estimate of drug-likeness (QED) is 0.223. The molecule has 1 heterocycles. The van der Waals surface area contributed by atoms with E-state index in [-0.39, 0.29) is 12.1 Å². The lowest BCUT2D eigenvalue weighted by Crippen LogP contribution is -2.81. The number of hydrogen-bond donors (Lipinski definition) is 3. The average molecular weight is 304 g/mol. The Morgan fingerprint density at radius 3 is 2.40 bits per heavy atom. The molecule has 1 aliphatic rings. The number of nitrogens with two attached hydrogens (primary N) is 2. The molecular weight excluding hydrogens is 290 g/mol. The second-order valence-corrected chi connectivity index (χ2v) is 4.56. The summed E-state index contributed by atoms with van der Waals surface area (Å²) in [6.45, 7) is 1.04. The van der Waals surface area contributed by atoms with Crippen molar-refractivity contribution in [1.29, 1.82) is 0 Å². The van der Waals surface area contributed by atoms with Crippen molar-refractivity contribution in [2.45, 2.75) is 6.10 Å². The third-order valence-electron chi connectivity index (χ3n) is 2.10. The molecule has 10 heteroatoms. The van der Waals surface area contributed by atoms with Crippen LogP contribution in [0.2, 0.25) is 0 Å². The van der Waals surface area contributed by atoms with Crippen LogP contribution in [0.4, 0.5) is 0 Å². The monoisotopic (exact) mass is 304 g/mol. The number of rotatable bonds is 2. The van der Waals surface area contributed by atoms with Crippen LogP contribution in [0.3, 0.4) is 0 Å². The molecule has 0 saturated carbocycles. The Morgan fingerprint density at radius 1 is 1.30 bits per heavy atom. The van der Waals surface area contributed by atoms with Crippen molar-refractivity contribution in [1.82, 2.24) is 0 Å². The summed E-state index contributed by atoms with van der Waals surface area (Å²) in [4.78, 5) is 2.81. The third kappa shape index (κ3) is 6.78. The van der Waals surface area contributed by atoms with Crippen molar-refractivity contribution in [2.75, 3.05) is 13.2 Å². The lowest BCUT2D eigenvalue weighted by molar-refractivity contribution is -0.470. The zero-order valence-electron chi connectivity index (χ0n) is 10.3. The second-order valence-electron chi connectivity index (χ2n) is 3.74. The fourth-order valence-electron chi connectivity index (χ4n) is 1.40. The molecule has 1 aliphatic heterocycles. The van der Waals surface area contributed by atoms with Gasteiger partial charge in [0.1, 0.15) is 13.2 Å². The van der Waals surface area contributed by atoms with Gasteiger partial charge in [-0.2, -0.15) is 0 Å².